The lowest BCUT2D eigenvalue weighted by Crippen LogP contribution is -2.37. The molecule has 0 atom stereocenters. The third-order valence-electron chi connectivity index (χ3n) is 4.77. The Labute approximate surface area is 175 Å². The van der Waals surface area contributed by atoms with Crippen LogP contribution in [0.4, 0.5) is 11.4 Å². The molecule has 0 spiro atoms. The average molecular weight is 410 g/mol. The highest BCUT2D eigenvalue weighted by Crippen LogP contribution is 2.26. The predicted molar refractivity (Wildman–Crippen MR) is 117 cm³/mol. The molecule has 1 aliphatic rings. The van der Waals surface area contributed by atoms with Crippen LogP contribution in [-0.2, 0) is 4.74 Å². The van der Waals surface area contributed by atoms with Crippen LogP contribution in [0.3, 0.4) is 0 Å². The van der Waals surface area contributed by atoms with Crippen molar-refractivity contribution >= 4 is 23.2 Å². The first-order chi connectivity index (χ1) is 14.7. The maximum Gasteiger partial charge on any atom is 0.269 e. The molecule has 0 amide bonds. The number of nitro benzene ring substituents is 1. The number of hydrogen-bond donors (Lipinski definition) is 1. The monoisotopic (exact) mass is 410 g/mol. The van der Waals surface area contributed by atoms with E-state index in [1.54, 1.807) is 18.3 Å². The van der Waals surface area contributed by atoms with Gasteiger partial charge in [0.05, 0.1) is 30.4 Å². The summed E-state index contributed by atoms with van der Waals surface area (Å²) in [5, 5.41) is 10.8. The van der Waals surface area contributed by atoms with E-state index in [9.17, 15) is 10.1 Å². The van der Waals surface area contributed by atoms with Crippen LogP contribution >= 0.6 is 0 Å². The first-order valence-corrected chi connectivity index (χ1v) is 9.90. The zero-order chi connectivity index (χ0) is 21.2. The minimum absolute atomic E-state index is 0.0272. The molecule has 8 nitrogen and oxygen atoms in total. The molecule has 0 bridgehead atoms. The van der Waals surface area contributed by atoms with Crippen molar-refractivity contribution in [1.29, 1.82) is 0 Å². The SMILES string of the molecule is NC=C(C=Nc1ccc([N+](=O)[O-])cc1)c1ccccc1OCCCN1CCOCC1. The largest absolute Gasteiger partial charge is 0.493 e. The molecule has 8 heteroatoms. The van der Waals surface area contributed by atoms with Gasteiger partial charge in [0.15, 0.2) is 0 Å². The first kappa shape index (κ1) is 21.5. The molecule has 2 N–H and O–H groups in total. The molecule has 0 unspecified atom stereocenters. The minimum atomic E-state index is -0.439. The smallest absolute Gasteiger partial charge is 0.269 e. The van der Waals surface area contributed by atoms with E-state index >= 15 is 0 Å². The fourth-order valence-corrected chi connectivity index (χ4v) is 3.13. The summed E-state index contributed by atoms with van der Waals surface area (Å²) < 4.78 is 11.4. The van der Waals surface area contributed by atoms with Gasteiger partial charge in [-0.15, -0.1) is 0 Å². The van der Waals surface area contributed by atoms with E-state index in [0.29, 0.717) is 17.9 Å². The van der Waals surface area contributed by atoms with E-state index in [1.807, 2.05) is 24.3 Å². The number of aliphatic imine (C=N–C) groups is 1. The number of allylic oxidation sites excluding steroid dienone is 1. The van der Waals surface area contributed by atoms with Gasteiger partial charge >= 0.3 is 0 Å². The van der Waals surface area contributed by atoms with E-state index in [1.165, 1.54) is 18.3 Å². The highest BCUT2D eigenvalue weighted by atomic mass is 16.6. The van der Waals surface area contributed by atoms with Gasteiger partial charge in [0.1, 0.15) is 5.75 Å². The number of ether oxygens (including phenoxy) is 2. The number of nitro groups is 1. The van der Waals surface area contributed by atoms with Gasteiger partial charge < -0.3 is 15.2 Å². The summed E-state index contributed by atoms with van der Waals surface area (Å²) in [6.45, 7) is 5.11. The lowest BCUT2D eigenvalue weighted by atomic mass is 10.1. The first-order valence-electron chi connectivity index (χ1n) is 9.90. The number of rotatable bonds is 9. The summed E-state index contributed by atoms with van der Waals surface area (Å²) in [4.78, 5) is 17.1. The molecule has 0 saturated carbocycles. The molecule has 1 fully saturated rings. The molecular formula is C22H26N4O4. The maximum absolute atomic E-state index is 10.8. The third kappa shape index (κ3) is 6.13. The highest BCUT2D eigenvalue weighted by Gasteiger charge is 2.11. The molecule has 30 heavy (non-hydrogen) atoms. The molecular weight excluding hydrogens is 384 g/mol. The summed E-state index contributed by atoms with van der Waals surface area (Å²) in [5.41, 5.74) is 8.02. The van der Waals surface area contributed by atoms with Gasteiger partial charge in [0.25, 0.3) is 5.69 Å². The van der Waals surface area contributed by atoms with Gasteiger partial charge in [-0.2, -0.15) is 0 Å². The van der Waals surface area contributed by atoms with Crippen molar-refractivity contribution in [2.24, 2.45) is 10.7 Å². The molecule has 0 aromatic heterocycles. The normalized spacial score (nSPS) is 15.4. The quantitative estimate of drug-likeness (QED) is 0.294. The molecule has 3 rings (SSSR count). The third-order valence-corrected chi connectivity index (χ3v) is 4.77. The highest BCUT2D eigenvalue weighted by molar-refractivity contribution is 6.11. The van der Waals surface area contributed by atoms with Crippen LogP contribution in [-0.4, -0.2) is 55.5 Å². The van der Waals surface area contributed by atoms with Gasteiger partial charge in [-0.1, -0.05) is 18.2 Å². The molecule has 2 aromatic carbocycles. The van der Waals surface area contributed by atoms with Crippen LogP contribution in [0.2, 0.25) is 0 Å². The van der Waals surface area contributed by atoms with Gasteiger partial charge in [0.2, 0.25) is 0 Å². The van der Waals surface area contributed by atoms with E-state index in [-0.39, 0.29) is 5.69 Å². The number of para-hydroxylation sites is 1. The van der Waals surface area contributed by atoms with Crippen LogP contribution in [0.25, 0.3) is 5.57 Å². The molecule has 0 aliphatic carbocycles. The van der Waals surface area contributed by atoms with Crippen molar-refractivity contribution in [1.82, 2.24) is 4.90 Å². The van der Waals surface area contributed by atoms with Gasteiger partial charge in [-0.05, 0) is 24.6 Å². The Bertz CT molecular complexity index is 890. The molecule has 2 aromatic rings. The van der Waals surface area contributed by atoms with E-state index in [0.717, 1.165) is 50.6 Å². The van der Waals surface area contributed by atoms with Crippen LogP contribution in [0.15, 0.2) is 59.7 Å². The van der Waals surface area contributed by atoms with Crippen LogP contribution in [0.1, 0.15) is 12.0 Å². The Hall–Kier alpha value is -3.23. The number of nitrogens with two attached hydrogens (primary N) is 1. The number of hydrogen-bond acceptors (Lipinski definition) is 7. The summed E-state index contributed by atoms with van der Waals surface area (Å²) in [6, 6.07) is 13.7. The summed E-state index contributed by atoms with van der Waals surface area (Å²) in [7, 11) is 0. The van der Waals surface area contributed by atoms with Crippen molar-refractivity contribution in [2.45, 2.75) is 6.42 Å². The zero-order valence-electron chi connectivity index (χ0n) is 16.8. The second-order valence-corrected chi connectivity index (χ2v) is 6.81. The van der Waals surface area contributed by atoms with Gasteiger partial charge in [-0.3, -0.25) is 20.0 Å². The van der Waals surface area contributed by atoms with E-state index in [2.05, 4.69) is 9.89 Å². The Morgan fingerprint density at radius 1 is 1.20 bits per heavy atom. The maximum atomic E-state index is 10.8. The lowest BCUT2D eigenvalue weighted by Gasteiger charge is -2.26. The zero-order valence-corrected chi connectivity index (χ0v) is 16.8. The van der Waals surface area contributed by atoms with E-state index in [4.69, 9.17) is 15.2 Å². The van der Waals surface area contributed by atoms with Crippen molar-refractivity contribution in [3.8, 4) is 5.75 Å². The van der Waals surface area contributed by atoms with Crippen molar-refractivity contribution in [3.05, 3.63) is 70.4 Å². The Kier molecular flexibility index (Phi) is 7.94. The van der Waals surface area contributed by atoms with Gasteiger partial charge in [-0.25, -0.2) is 0 Å². The summed E-state index contributed by atoms with van der Waals surface area (Å²) in [6.07, 6.45) is 4.04. The van der Waals surface area contributed by atoms with Crippen molar-refractivity contribution in [3.63, 3.8) is 0 Å². The van der Waals surface area contributed by atoms with Crippen LogP contribution < -0.4 is 10.5 Å². The number of non-ortho nitro benzene ring substituents is 1. The van der Waals surface area contributed by atoms with Crippen molar-refractivity contribution in [2.75, 3.05) is 39.5 Å². The number of nitrogens with zero attached hydrogens (tertiary/aromatic N) is 3. The summed E-state index contributed by atoms with van der Waals surface area (Å²) in [5.74, 6) is 0.742. The molecule has 1 aliphatic heterocycles. The molecule has 1 saturated heterocycles. The van der Waals surface area contributed by atoms with Gasteiger partial charge in [0, 0.05) is 55.3 Å². The van der Waals surface area contributed by atoms with Crippen molar-refractivity contribution < 1.29 is 14.4 Å². The standard InChI is InChI=1S/C22H26N4O4/c23-16-18(17-24-19-6-8-20(9-7-19)26(27)28)21-4-1-2-5-22(21)30-13-3-10-25-11-14-29-15-12-25/h1-2,4-9,16-17H,3,10-15,23H2. The Morgan fingerprint density at radius 2 is 1.93 bits per heavy atom. The minimum Gasteiger partial charge on any atom is -0.493 e. The summed E-state index contributed by atoms with van der Waals surface area (Å²) >= 11 is 0. The second kappa shape index (κ2) is 11.1. The fourth-order valence-electron chi connectivity index (χ4n) is 3.13. The molecule has 0 radical (unpaired) electrons. The average Bonchev–Trinajstić information content (AvgIpc) is 2.79. The topological polar surface area (TPSA) is 103 Å². The predicted octanol–water partition coefficient (Wildman–Crippen LogP) is 3.40. The Morgan fingerprint density at radius 3 is 2.63 bits per heavy atom. The Balaban J connectivity index is 1.61. The van der Waals surface area contributed by atoms with E-state index < -0.39 is 4.92 Å². The lowest BCUT2D eigenvalue weighted by molar-refractivity contribution is -0.384. The van der Waals surface area contributed by atoms with Crippen LogP contribution in [0, 0.1) is 10.1 Å². The molecule has 158 valence electrons. The fraction of sp³-hybridized carbons (Fsp3) is 0.318. The number of benzene rings is 2. The molecule has 1 heterocycles. The van der Waals surface area contributed by atoms with Crippen LogP contribution in [0.5, 0.6) is 5.75 Å². The number of morpholine rings is 1. The second-order valence-electron chi connectivity index (χ2n) is 6.81.